The summed E-state index contributed by atoms with van der Waals surface area (Å²) in [5.41, 5.74) is 0.649. The Morgan fingerprint density at radius 1 is 1.12 bits per heavy atom. The number of amides is 1. The summed E-state index contributed by atoms with van der Waals surface area (Å²) >= 11 is 0. The highest BCUT2D eigenvalue weighted by atomic mass is 16.5. The van der Waals surface area contributed by atoms with Gasteiger partial charge in [0.1, 0.15) is 5.75 Å². The molecule has 0 aliphatic rings. The first kappa shape index (κ1) is 20.2. The van der Waals surface area contributed by atoms with Crippen molar-refractivity contribution in [1.29, 1.82) is 0 Å². The van der Waals surface area contributed by atoms with Crippen LogP contribution in [0.1, 0.15) is 44.0 Å². The molecule has 0 unspecified atom stereocenters. The third kappa shape index (κ3) is 7.59. The normalized spacial score (nSPS) is 11.4. The van der Waals surface area contributed by atoms with Crippen LogP contribution in [0, 0.1) is 5.41 Å². The quantitative estimate of drug-likeness (QED) is 0.634. The number of ketones is 1. The number of hydrogen-bond donors (Lipinski definition) is 2. The van der Waals surface area contributed by atoms with Crippen LogP contribution < -0.4 is 15.0 Å². The van der Waals surface area contributed by atoms with Crippen LogP contribution in [0.4, 0.5) is 0 Å². The Morgan fingerprint density at radius 3 is 2.29 bits per heavy atom. The number of hydrogen-bond acceptors (Lipinski definition) is 3. The van der Waals surface area contributed by atoms with E-state index in [1.165, 1.54) is 4.90 Å². The molecule has 2 N–H and O–H groups in total. The maximum Gasteiger partial charge on any atom is 0.220 e. The lowest BCUT2D eigenvalue weighted by Gasteiger charge is -2.26. The molecule has 0 aromatic heterocycles. The highest BCUT2D eigenvalue weighted by Crippen LogP contribution is 2.14. The van der Waals surface area contributed by atoms with Gasteiger partial charge in [-0.1, -0.05) is 13.8 Å². The molecular formula is C19H31N2O3+. The van der Waals surface area contributed by atoms with Crippen LogP contribution in [-0.2, 0) is 4.79 Å². The lowest BCUT2D eigenvalue weighted by atomic mass is 9.93. The van der Waals surface area contributed by atoms with Crippen LogP contribution >= 0.6 is 0 Å². The average molecular weight is 335 g/mol. The molecule has 0 radical (unpaired) electrons. The second kappa shape index (κ2) is 9.42. The fourth-order valence-corrected chi connectivity index (χ4v) is 2.72. The number of carbonyl (C=O) groups excluding carboxylic acids is 2. The molecule has 1 aromatic rings. The molecule has 0 spiro atoms. The van der Waals surface area contributed by atoms with Crippen molar-refractivity contribution in [3.63, 3.8) is 0 Å². The lowest BCUT2D eigenvalue weighted by Crippen LogP contribution is -3.07. The molecule has 1 aromatic carbocycles. The van der Waals surface area contributed by atoms with Crippen molar-refractivity contribution in [3.05, 3.63) is 29.8 Å². The Morgan fingerprint density at radius 2 is 1.75 bits per heavy atom. The highest BCUT2D eigenvalue weighted by molar-refractivity contribution is 5.98. The Bertz CT molecular complexity index is 536. The van der Waals surface area contributed by atoms with Gasteiger partial charge in [-0.2, -0.15) is 0 Å². The van der Waals surface area contributed by atoms with E-state index in [9.17, 15) is 9.59 Å². The summed E-state index contributed by atoms with van der Waals surface area (Å²) in [4.78, 5) is 25.4. The second-order valence-corrected chi connectivity index (χ2v) is 7.21. The van der Waals surface area contributed by atoms with E-state index < -0.39 is 0 Å². The molecule has 1 rings (SSSR count). The van der Waals surface area contributed by atoms with E-state index in [1.54, 1.807) is 24.3 Å². The molecule has 0 aliphatic heterocycles. The molecule has 1 amide bonds. The molecule has 134 valence electrons. The molecule has 5 nitrogen and oxygen atoms in total. The first-order valence-corrected chi connectivity index (χ1v) is 8.55. The van der Waals surface area contributed by atoms with Gasteiger partial charge in [-0.25, -0.2) is 0 Å². The van der Waals surface area contributed by atoms with Gasteiger partial charge in [0, 0.05) is 30.4 Å². The number of Topliss-reactive ketones (excluding diaryl/α,β-unsaturated/α-hetero) is 1. The predicted molar refractivity (Wildman–Crippen MR) is 95.6 cm³/mol. The van der Waals surface area contributed by atoms with Crippen molar-refractivity contribution < 1.29 is 19.2 Å². The zero-order chi connectivity index (χ0) is 18.2. The summed E-state index contributed by atoms with van der Waals surface area (Å²) in [6, 6.07) is 7.05. The van der Waals surface area contributed by atoms with Gasteiger partial charge >= 0.3 is 0 Å². The Labute approximate surface area is 145 Å². The summed E-state index contributed by atoms with van der Waals surface area (Å²) in [5.74, 6) is 0.651. The predicted octanol–water partition coefficient (Wildman–Crippen LogP) is 1.34. The van der Waals surface area contributed by atoms with E-state index >= 15 is 0 Å². The standard InChI is InChI=1S/C19H30N2O3/c1-6-24-16-9-7-15(8-10-16)17(22)11-12-18(23)20-13-19(2,3)14-21(4)5/h7-10H,6,11-14H2,1-5H3,(H,20,23)/p+1. The second-order valence-electron chi connectivity index (χ2n) is 7.21. The van der Waals surface area contributed by atoms with E-state index in [-0.39, 0.29) is 29.9 Å². The maximum absolute atomic E-state index is 12.1. The van der Waals surface area contributed by atoms with Crippen molar-refractivity contribution in [2.45, 2.75) is 33.6 Å². The Hall–Kier alpha value is -1.88. The molecule has 5 heteroatoms. The van der Waals surface area contributed by atoms with Crippen LogP contribution in [0.3, 0.4) is 0 Å². The smallest absolute Gasteiger partial charge is 0.220 e. The van der Waals surface area contributed by atoms with Gasteiger partial charge in [-0.05, 0) is 31.2 Å². The fourth-order valence-electron chi connectivity index (χ4n) is 2.72. The molecule has 24 heavy (non-hydrogen) atoms. The van der Waals surface area contributed by atoms with Crippen LogP contribution in [0.25, 0.3) is 0 Å². The Kier molecular flexibility index (Phi) is 7.92. The monoisotopic (exact) mass is 335 g/mol. The average Bonchev–Trinajstić information content (AvgIpc) is 2.50. The number of nitrogens with one attached hydrogen (secondary N) is 2. The van der Waals surface area contributed by atoms with Crippen molar-refractivity contribution in [3.8, 4) is 5.75 Å². The van der Waals surface area contributed by atoms with Gasteiger partial charge in [-0.3, -0.25) is 9.59 Å². The van der Waals surface area contributed by atoms with Gasteiger partial charge in [0.25, 0.3) is 0 Å². The first-order chi connectivity index (χ1) is 11.2. The summed E-state index contributed by atoms with van der Waals surface area (Å²) in [7, 11) is 4.19. The van der Waals surface area contributed by atoms with Gasteiger partial charge in [0.2, 0.25) is 5.91 Å². The summed E-state index contributed by atoms with van der Waals surface area (Å²) in [6.45, 7) is 8.36. The van der Waals surface area contributed by atoms with Crippen molar-refractivity contribution >= 4 is 11.7 Å². The van der Waals surface area contributed by atoms with Gasteiger partial charge < -0.3 is 15.0 Å². The SMILES string of the molecule is CCOc1ccc(C(=O)CCC(=O)NCC(C)(C)C[NH+](C)C)cc1. The molecule has 0 atom stereocenters. The van der Waals surface area contributed by atoms with Gasteiger partial charge in [0.15, 0.2) is 5.78 Å². The van der Waals surface area contributed by atoms with Crippen molar-refractivity contribution in [1.82, 2.24) is 5.32 Å². The number of carbonyl (C=O) groups is 2. The fraction of sp³-hybridized carbons (Fsp3) is 0.579. The summed E-state index contributed by atoms with van der Waals surface area (Å²) < 4.78 is 5.35. The molecule has 0 heterocycles. The number of ether oxygens (including phenoxy) is 1. The van der Waals surface area contributed by atoms with Crippen molar-refractivity contribution in [2.24, 2.45) is 5.41 Å². The van der Waals surface area contributed by atoms with Crippen molar-refractivity contribution in [2.75, 3.05) is 33.8 Å². The van der Waals surface area contributed by atoms with Crippen LogP contribution in [0.2, 0.25) is 0 Å². The maximum atomic E-state index is 12.1. The number of rotatable bonds is 10. The molecule has 0 aliphatic carbocycles. The van der Waals surface area contributed by atoms with Gasteiger partial charge in [-0.15, -0.1) is 0 Å². The number of quaternary nitrogens is 1. The lowest BCUT2D eigenvalue weighted by molar-refractivity contribution is -0.865. The number of benzene rings is 1. The third-order valence-corrected chi connectivity index (χ3v) is 3.66. The zero-order valence-electron chi connectivity index (χ0n) is 15.6. The zero-order valence-corrected chi connectivity index (χ0v) is 15.6. The summed E-state index contributed by atoms with van der Waals surface area (Å²) in [6.07, 6.45) is 0.441. The minimum Gasteiger partial charge on any atom is -0.494 e. The molecule has 0 bridgehead atoms. The molecular weight excluding hydrogens is 304 g/mol. The van der Waals surface area contributed by atoms with E-state index in [0.717, 1.165) is 12.3 Å². The minimum atomic E-state index is -0.0730. The first-order valence-electron chi connectivity index (χ1n) is 8.55. The minimum absolute atomic E-state index is 0.0230. The highest BCUT2D eigenvalue weighted by Gasteiger charge is 2.22. The van der Waals surface area contributed by atoms with E-state index in [0.29, 0.717) is 18.7 Å². The molecule has 0 fully saturated rings. The van der Waals surface area contributed by atoms with Crippen LogP contribution in [0.5, 0.6) is 5.75 Å². The van der Waals surface area contributed by atoms with E-state index in [2.05, 4.69) is 33.3 Å². The third-order valence-electron chi connectivity index (χ3n) is 3.66. The summed E-state index contributed by atoms with van der Waals surface area (Å²) in [5, 5.41) is 2.94. The topological polar surface area (TPSA) is 59.8 Å². The largest absolute Gasteiger partial charge is 0.494 e. The van der Waals surface area contributed by atoms with E-state index in [4.69, 9.17) is 4.74 Å². The molecule has 0 saturated carbocycles. The van der Waals surface area contributed by atoms with E-state index in [1.807, 2.05) is 6.92 Å². The van der Waals surface area contributed by atoms with Crippen LogP contribution in [0.15, 0.2) is 24.3 Å². The molecule has 0 saturated heterocycles. The Balaban J connectivity index is 2.39. The van der Waals surface area contributed by atoms with Gasteiger partial charge in [0.05, 0.1) is 27.2 Å². The van der Waals surface area contributed by atoms with Crippen LogP contribution in [-0.4, -0.2) is 45.5 Å².